The lowest BCUT2D eigenvalue weighted by Crippen LogP contribution is -2.40. The van der Waals surface area contributed by atoms with Crippen molar-refractivity contribution >= 4 is 5.91 Å². The van der Waals surface area contributed by atoms with Crippen LogP contribution in [0.3, 0.4) is 0 Å². The number of carbonyl (C=O) groups is 1. The molecule has 0 bridgehead atoms. The molecule has 3 heterocycles. The van der Waals surface area contributed by atoms with E-state index in [1.807, 2.05) is 4.90 Å². The minimum Gasteiger partial charge on any atom is -0.364 e. The Hall–Kier alpha value is -2.35. The molecule has 0 unspecified atom stereocenters. The molecule has 8 heteroatoms. The number of rotatable bonds is 6. The zero-order valence-electron chi connectivity index (χ0n) is 13.8. The van der Waals surface area contributed by atoms with Crippen molar-refractivity contribution in [2.75, 3.05) is 13.1 Å². The van der Waals surface area contributed by atoms with Crippen LogP contribution in [0.25, 0.3) is 0 Å². The van der Waals surface area contributed by atoms with Gasteiger partial charge in [0.15, 0.2) is 0 Å². The Labute approximate surface area is 144 Å². The van der Waals surface area contributed by atoms with Crippen molar-refractivity contribution in [2.45, 2.75) is 43.9 Å². The van der Waals surface area contributed by atoms with Crippen LogP contribution < -0.4 is 5.32 Å². The van der Waals surface area contributed by atoms with E-state index in [1.54, 1.807) is 18.5 Å². The van der Waals surface area contributed by atoms with E-state index in [9.17, 15) is 9.18 Å². The number of alkyl halides is 1. The van der Waals surface area contributed by atoms with E-state index < -0.39 is 6.17 Å². The molecule has 4 rings (SSSR count). The summed E-state index contributed by atoms with van der Waals surface area (Å²) in [6, 6.07) is 1.67. The Morgan fingerprint density at radius 3 is 2.92 bits per heavy atom. The fourth-order valence-electron chi connectivity index (χ4n) is 3.29. The summed E-state index contributed by atoms with van der Waals surface area (Å²) in [6.45, 7) is 1.18. The van der Waals surface area contributed by atoms with Gasteiger partial charge in [0.05, 0.1) is 12.2 Å². The van der Waals surface area contributed by atoms with E-state index >= 15 is 0 Å². The van der Waals surface area contributed by atoms with Crippen LogP contribution in [0.5, 0.6) is 0 Å². The Balaban J connectivity index is 1.37. The molecule has 132 valence electrons. The molecule has 25 heavy (non-hydrogen) atoms. The van der Waals surface area contributed by atoms with Crippen molar-refractivity contribution in [3.63, 3.8) is 0 Å². The van der Waals surface area contributed by atoms with Gasteiger partial charge in [0, 0.05) is 37.4 Å². The van der Waals surface area contributed by atoms with Gasteiger partial charge in [0.2, 0.25) is 0 Å². The van der Waals surface area contributed by atoms with Gasteiger partial charge in [-0.2, -0.15) is 0 Å². The minimum absolute atomic E-state index is 0.0769. The van der Waals surface area contributed by atoms with E-state index in [4.69, 9.17) is 4.52 Å². The van der Waals surface area contributed by atoms with Crippen LogP contribution in [0.2, 0.25) is 0 Å². The van der Waals surface area contributed by atoms with Gasteiger partial charge in [0.25, 0.3) is 5.91 Å². The molecule has 2 aliphatic rings. The van der Waals surface area contributed by atoms with Crippen molar-refractivity contribution in [3.05, 3.63) is 41.8 Å². The largest absolute Gasteiger partial charge is 0.364 e. The second-order valence-corrected chi connectivity index (χ2v) is 6.68. The third-order valence-corrected chi connectivity index (χ3v) is 4.75. The summed E-state index contributed by atoms with van der Waals surface area (Å²) in [7, 11) is 0. The molecule has 0 spiro atoms. The fourth-order valence-corrected chi connectivity index (χ4v) is 3.29. The molecule has 0 radical (unpaired) electrons. The molecule has 2 aromatic heterocycles. The summed E-state index contributed by atoms with van der Waals surface area (Å²) in [5.41, 5.74) is 1.23. The zero-order chi connectivity index (χ0) is 17.2. The molecular weight excluding hydrogens is 325 g/mol. The maximum Gasteiger partial charge on any atom is 0.256 e. The molecule has 0 aromatic carbocycles. The number of halogens is 1. The summed E-state index contributed by atoms with van der Waals surface area (Å²) in [5.74, 6) is 0.789. The topological polar surface area (TPSA) is 84.2 Å². The third-order valence-electron chi connectivity index (χ3n) is 4.75. The highest BCUT2D eigenvalue weighted by atomic mass is 19.1. The summed E-state index contributed by atoms with van der Waals surface area (Å²) < 4.78 is 18.8. The molecule has 2 atom stereocenters. The normalized spacial score (nSPS) is 23.7. The second-order valence-electron chi connectivity index (χ2n) is 6.68. The first-order valence-electron chi connectivity index (χ1n) is 8.57. The van der Waals surface area contributed by atoms with Gasteiger partial charge in [-0.15, -0.1) is 0 Å². The Morgan fingerprint density at radius 1 is 1.36 bits per heavy atom. The Kier molecular flexibility index (Phi) is 4.44. The average molecular weight is 345 g/mol. The molecule has 1 amide bonds. The first-order chi connectivity index (χ1) is 12.2. The number of nitrogens with zero attached hydrogens (tertiary/aromatic N) is 4. The molecule has 1 saturated carbocycles. The average Bonchev–Trinajstić information content (AvgIpc) is 3.23. The molecule has 1 aliphatic heterocycles. The molecule has 2 fully saturated rings. The highest BCUT2D eigenvalue weighted by molar-refractivity contribution is 5.95. The first-order valence-corrected chi connectivity index (χ1v) is 8.57. The number of hydrogen-bond acceptors (Lipinski definition) is 6. The van der Waals surface area contributed by atoms with Crippen LogP contribution in [0, 0.1) is 0 Å². The monoisotopic (exact) mass is 345 g/mol. The highest BCUT2D eigenvalue weighted by Gasteiger charge is 2.34. The number of likely N-dealkylation sites (tertiary alicyclic amines) is 1. The van der Waals surface area contributed by atoms with Crippen LogP contribution >= 0.6 is 0 Å². The van der Waals surface area contributed by atoms with E-state index in [1.165, 1.54) is 6.26 Å². The van der Waals surface area contributed by atoms with Crippen molar-refractivity contribution in [2.24, 2.45) is 0 Å². The second kappa shape index (κ2) is 6.87. The van der Waals surface area contributed by atoms with Gasteiger partial charge in [-0.1, -0.05) is 5.16 Å². The summed E-state index contributed by atoms with van der Waals surface area (Å²) in [5, 5.41) is 6.84. The van der Waals surface area contributed by atoms with Gasteiger partial charge < -0.3 is 9.84 Å². The van der Waals surface area contributed by atoms with Crippen LogP contribution in [-0.4, -0.2) is 51.2 Å². The summed E-state index contributed by atoms with van der Waals surface area (Å²) in [4.78, 5) is 22.8. The van der Waals surface area contributed by atoms with Crippen molar-refractivity contribution in [1.29, 1.82) is 0 Å². The predicted octanol–water partition coefficient (Wildman–Crippen LogP) is 1.68. The lowest BCUT2D eigenvalue weighted by Gasteiger charge is -2.23. The predicted molar refractivity (Wildman–Crippen MR) is 86.6 cm³/mol. The smallest absolute Gasteiger partial charge is 0.256 e. The maximum atomic E-state index is 13.9. The van der Waals surface area contributed by atoms with E-state index in [-0.39, 0.29) is 11.9 Å². The van der Waals surface area contributed by atoms with Gasteiger partial charge in [-0.05, 0) is 25.3 Å². The van der Waals surface area contributed by atoms with Gasteiger partial charge in [0.1, 0.15) is 23.8 Å². The number of carbonyl (C=O) groups excluding carboxylic acids is 1. The van der Waals surface area contributed by atoms with E-state index in [2.05, 4.69) is 20.4 Å². The van der Waals surface area contributed by atoms with Crippen molar-refractivity contribution < 1.29 is 13.7 Å². The van der Waals surface area contributed by atoms with Gasteiger partial charge in [-0.3, -0.25) is 9.69 Å². The van der Waals surface area contributed by atoms with Gasteiger partial charge >= 0.3 is 0 Å². The highest BCUT2D eigenvalue weighted by Crippen LogP contribution is 2.40. The lowest BCUT2D eigenvalue weighted by atomic mass is 10.1. The molecular formula is C17H20FN5O2. The number of amides is 1. The molecule has 2 aromatic rings. The quantitative estimate of drug-likeness (QED) is 0.858. The summed E-state index contributed by atoms with van der Waals surface area (Å²) >= 11 is 0. The fraction of sp³-hybridized carbons (Fsp3) is 0.529. The van der Waals surface area contributed by atoms with Crippen LogP contribution in [0.1, 0.15) is 47.1 Å². The van der Waals surface area contributed by atoms with Crippen LogP contribution in [0.15, 0.2) is 29.2 Å². The number of hydrogen-bond donors (Lipinski definition) is 1. The van der Waals surface area contributed by atoms with Crippen molar-refractivity contribution in [3.8, 4) is 0 Å². The minimum atomic E-state index is -0.900. The van der Waals surface area contributed by atoms with E-state index in [0.29, 0.717) is 43.4 Å². The molecule has 1 aliphatic carbocycles. The van der Waals surface area contributed by atoms with Crippen LogP contribution in [-0.2, 0) is 6.54 Å². The molecule has 7 nitrogen and oxygen atoms in total. The third kappa shape index (κ3) is 3.68. The SMILES string of the molecule is O=C(NC[C@@H]1C[C@H](F)CN1Cc1ncccn1)c1conc1C1CC1. The van der Waals surface area contributed by atoms with Crippen molar-refractivity contribution in [1.82, 2.24) is 25.3 Å². The maximum absolute atomic E-state index is 13.9. The summed E-state index contributed by atoms with van der Waals surface area (Å²) in [6.07, 6.45) is 6.33. The number of nitrogens with one attached hydrogen (secondary N) is 1. The zero-order valence-corrected chi connectivity index (χ0v) is 13.8. The molecule has 1 N–H and O–H groups in total. The Bertz CT molecular complexity index is 734. The van der Waals surface area contributed by atoms with Crippen LogP contribution in [0.4, 0.5) is 4.39 Å². The standard InChI is InChI=1S/C17H20FN5O2/c18-12-6-13(23(8-12)9-15-19-4-1-5-20-15)7-21-17(24)14-10-25-22-16(14)11-2-3-11/h1,4-5,10-13H,2-3,6-9H2,(H,21,24)/t12-,13-/m0/s1. The Morgan fingerprint density at radius 2 is 2.16 bits per heavy atom. The number of aromatic nitrogens is 3. The lowest BCUT2D eigenvalue weighted by molar-refractivity contribution is 0.0938. The van der Waals surface area contributed by atoms with E-state index in [0.717, 1.165) is 18.5 Å². The van der Waals surface area contributed by atoms with Gasteiger partial charge in [-0.25, -0.2) is 14.4 Å². The molecule has 1 saturated heterocycles. The first kappa shape index (κ1) is 16.1.